The van der Waals surface area contributed by atoms with Gasteiger partial charge in [-0.25, -0.2) is 9.37 Å². The van der Waals surface area contributed by atoms with Gasteiger partial charge in [0.05, 0.1) is 10.7 Å². The van der Waals surface area contributed by atoms with Crippen molar-refractivity contribution in [3.8, 4) is 11.1 Å². The smallest absolute Gasteiger partial charge is 0.228 e. The van der Waals surface area contributed by atoms with Crippen molar-refractivity contribution in [2.24, 2.45) is 13.0 Å². The highest BCUT2D eigenvalue weighted by Crippen LogP contribution is 2.35. The molecule has 7 nitrogen and oxygen atoms in total. The van der Waals surface area contributed by atoms with Crippen molar-refractivity contribution in [2.45, 2.75) is 52.0 Å². The predicted molar refractivity (Wildman–Crippen MR) is 136 cm³/mol. The number of allylic oxidation sites excluding steroid dienone is 1. The molecule has 2 aromatic heterocycles. The summed E-state index contributed by atoms with van der Waals surface area (Å²) in [4.78, 5) is 29.0. The third-order valence-corrected chi connectivity index (χ3v) is 6.75. The fourth-order valence-electron chi connectivity index (χ4n) is 4.76. The molecule has 1 aliphatic rings. The Morgan fingerprint density at radius 3 is 2.77 bits per heavy atom. The van der Waals surface area contributed by atoms with Gasteiger partial charge in [0.25, 0.3) is 0 Å². The first-order valence-corrected chi connectivity index (χ1v) is 12.1. The first-order chi connectivity index (χ1) is 16.7. The molecule has 0 unspecified atom stereocenters. The van der Waals surface area contributed by atoms with Crippen LogP contribution in [-0.2, 0) is 16.6 Å². The zero-order chi connectivity index (χ0) is 25.3. The monoisotopic (exact) mass is 497 g/mol. The van der Waals surface area contributed by atoms with Crippen LogP contribution in [0.15, 0.2) is 31.0 Å². The Balaban J connectivity index is 1.59. The lowest BCUT2D eigenvalue weighted by Gasteiger charge is -2.28. The van der Waals surface area contributed by atoms with Crippen LogP contribution < -0.4 is 10.6 Å². The summed E-state index contributed by atoms with van der Waals surface area (Å²) >= 11 is 6.43. The van der Waals surface area contributed by atoms with Gasteiger partial charge in [0.2, 0.25) is 11.8 Å². The predicted octanol–water partition coefficient (Wildman–Crippen LogP) is 5.48. The molecule has 0 aliphatic heterocycles. The number of carbonyl (C=O) groups excluding carboxylic acids is 2. The third kappa shape index (κ3) is 5.22. The zero-order valence-electron chi connectivity index (χ0n) is 20.1. The molecular weight excluding hydrogens is 469 g/mol. The lowest BCUT2D eigenvalue weighted by Crippen LogP contribution is -2.40. The highest BCUT2D eigenvalue weighted by atomic mass is 35.5. The van der Waals surface area contributed by atoms with E-state index in [-0.39, 0.29) is 29.3 Å². The first kappa shape index (κ1) is 24.9. The summed E-state index contributed by atoms with van der Waals surface area (Å²) in [5.74, 6) is -0.524. The molecule has 1 saturated carbocycles. The van der Waals surface area contributed by atoms with E-state index in [1.165, 1.54) is 12.3 Å². The minimum absolute atomic E-state index is 0.00242. The second-order valence-corrected chi connectivity index (χ2v) is 9.53. The molecule has 1 aliphatic carbocycles. The number of pyridine rings is 1. The molecule has 0 radical (unpaired) electrons. The number of amides is 2. The summed E-state index contributed by atoms with van der Waals surface area (Å²) in [7, 11) is 1.75. The molecule has 0 bridgehead atoms. The van der Waals surface area contributed by atoms with Crippen LogP contribution in [0.25, 0.3) is 27.6 Å². The molecule has 1 aromatic carbocycles. The van der Waals surface area contributed by atoms with Crippen LogP contribution in [0.3, 0.4) is 0 Å². The van der Waals surface area contributed by atoms with Crippen molar-refractivity contribution in [1.82, 2.24) is 20.1 Å². The normalized spacial score (nSPS) is 17.9. The van der Waals surface area contributed by atoms with Gasteiger partial charge in [-0.2, -0.15) is 5.10 Å². The Hall–Kier alpha value is -3.26. The molecule has 2 atom stereocenters. The van der Waals surface area contributed by atoms with E-state index in [1.54, 1.807) is 17.8 Å². The Morgan fingerprint density at radius 1 is 1.29 bits per heavy atom. The summed E-state index contributed by atoms with van der Waals surface area (Å²) in [5.41, 5.74) is 2.86. The quantitative estimate of drug-likeness (QED) is 0.471. The number of halogens is 2. The largest absolute Gasteiger partial charge is 0.353 e. The number of benzene rings is 1. The highest BCUT2D eigenvalue weighted by molar-refractivity contribution is 6.33. The van der Waals surface area contributed by atoms with Crippen molar-refractivity contribution in [1.29, 1.82) is 0 Å². The summed E-state index contributed by atoms with van der Waals surface area (Å²) in [6, 6.07) is 4.85. The van der Waals surface area contributed by atoms with Crippen LogP contribution in [0.2, 0.25) is 5.02 Å². The number of rotatable bonds is 6. The maximum absolute atomic E-state index is 15.0. The number of hydrogen-bond acceptors (Lipinski definition) is 4. The van der Waals surface area contributed by atoms with E-state index < -0.39 is 5.82 Å². The molecule has 2 heterocycles. The van der Waals surface area contributed by atoms with Gasteiger partial charge >= 0.3 is 0 Å². The Kier molecular flexibility index (Phi) is 7.21. The van der Waals surface area contributed by atoms with Gasteiger partial charge < -0.3 is 10.6 Å². The Labute approximate surface area is 208 Å². The van der Waals surface area contributed by atoms with E-state index in [0.717, 1.165) is 30.5 Å². The summed E-state index contributed by atoms with van der Waals surface area (Å²) in [6.07, 6.45) is 4.93. The van der Waals surface area contributed by atoms with Gasteiger partial charge in [-0.05, 0) is 55.5 Å². The third-order valence-electron chi connectivity index (χ3n) is 6.45. The van der Waals surface area contributed by atoms with E-state index in [1.807, 2.05) is 19.9 Å². The van der Waals surface area contributed by atoms with Crippen LogP contribution >= 0.6 is 11.6 Å². The first-order valence-electron chi connectivity index (χ1n) is 11.8. The fourth-order valence-corrected chi connectivity index (χ4v) is 4.97. The van der Waals surface area contributed by atoms with Crippen molar-refractivity contribution in [2.75, 3.05) is 5.32 Å². The molecule has 0 spiro atoms. The second kappa shape index (κ2) is 10.2. The molecule has 35 heavy (non-hydrogen) atoms. The van der Waals surface area contributed by atoms with E-state index in [2.05, 4.69) is 27.3 Å². The molecule has 0 saturated heterocycles. The van der Waals surface area contributed by atoms with Crippen molar-refractivity contribution < 1.29 is 14.0 Å². The van der Waals surface area contributed by atoms with Crippen molar-refractivity contribution in [3.63, 3.8) is 0 Å². The van der Waals surface area contributed by atoms with Gasteiger partial charge in [0.15, 0.2) is 5.82 Å². The zero-order valence-corrected chi connectivity index (χ0v) is 20.9. The molecule has 2 amide bonds. The van der Waals surface area contributed by atoms with Gasteiger partial charge in [-0.1, -0.05) is 31.5 Å². The van der Waals surface area contributed by atoms with Crippen LogP contribution in [0.1, 0.15) is 51.6 Å². The van der Waals surface area contributed by atoms with E-state index >= 15 is 0 Å². The number of aryl methyl sites for hydroxylation is 1. The maximum Gasteiger partial charge on any atom is 0.228 e. The average Bonchev–Trinajstić information content (AvgIpc) is 3.17. The maximum atomic E-state index is 15.0. The Morgan fingerprint density at radius 2 is 2.06 bits per heavy atom. The van der Waals surface area contributed by atoms with Gasteiger partial charge in [-0.15, -0.1) is 0 Å². The van der Waals surface area contributed by atoms with Crippen LogP contribution in [-0.4, -0.2) is 32.6 Å². The molecule has 9 heteroatoms. The van der Waals surface area contributed by atoms with Crippen LogP contribution in [0, 0.1) is 11.7 Å². The summed E-state index contributed by atoms with van der Waals surface area (Å²) < 4.78 is 16.6. The molecule has 2 N–H and O–H groups in total. The van der Waals surface area contributed by atoms with Crippen LogP contribution in [0.5, 0.6) is 0 Å². The van der Waals surface area contributed by atoms with Gasteiger partial charge in [-0.3, -0.25) is 14.3 Å². The summed E-state index contributed by atoms with van der Waals surface area (Å²) in [5, 5.41) is 11.1. The highest BCUT2D eigenvalue weighted by Gasteiger charge is 2.28. The second-order valence-electron chi connectivity index (χ2n) is 9.13. The van der Waals surface area contributed by atoms with Crippen molar-refractivity contribution >= 4 is 45.7 Å². The number of nitrogens with one attached hydrogen (secondary N) is 2. The minimum Gasteiger partial charge on any atom is -0.353 e. The fraction of sp³-hybridized carbons (Fsp3) is 0.385. The van der Waals surface area contributed by atoms with E-state index in [0.29, 0.717) is 40.2 Å². The van der Waals surface area contributed by atoms with E-state index in [9.17, 15) is 14.0 Å². The molecule has 3 aromatic rings. The lowest BCUT2D eigenvalue weighted by molar-refractivity contribution is -0.124. The average molecular weight is 498 g/mol. The standard InChI is InChI=1S/C26H29ClFN5O2/c1-5-23(34)30-17-8-6-7-15(9-17)26(35)31-22-12-18(20(27)13-29-22)16-10-19-24(21(28)11-16)32-33(4)25(19)14(2)3/h10-13,15,17H,2,5-9H2,1,3-4H3,(H,30,34)(H,29,31,35)/t15-,17+/m0/s1. The number of carbonyl (C=O) groups is 2. The van der Waals surface area contributed by atoms with Crippen molar-refractivity contribution in [3.05, 3.63) is 47.5 Å². The molecule has 184 valence electrons. The lowest BCUT2D eigenvalue weighted by atomic mass is 9.85. The number of anilines is 1. The number of aromatic nitrogens is 3. The minimum atomic E-state index is -0.471. The molecular formula is C26H29ClFN5O2. The SMILES string of the molecule is C=C(C)c1c2cc(-c3cc(NC(=O)[C@H]4CCC[C@@H](NC(=O)CC)C4)ncc3Cl)cc(F)c2nn1C. The topological polar surface area (TPSA) is 88.9 Å². The molecule has 1 fully saturated rings. The van der Waals surface area contributed by atoms with E-state index in [4.69, 9.17) is 11.6 Å². The molecule has 4 rings (SSSR count). The van der Waals surface area contributed by atoms with Gasteiger partial charge in [0, 0.05) is 42.6 Å². The van der Waals surface area contributed by atoms with Crippen LogP contribution in [0.4, 0.5) is 10.2 Å². The number of nitrogens with zero attached hydrogens (tertiary/aromatic N) is 3. The van der Waals surface area contributed by atoms with Gasteiger partial charge in [0.1, 0.15) is 11.3 Å². The number of fused-ring (bicyclic) bond motifs is 1. The number of hydrogen-bond donors (Lipinski definition) is 2. The summed E-state index contributed by atoms with van der Waals surface area (Å²) in [6.45, 7) is 7.64. The Bertz CT molecular complexity index is 1320.